The third-order valence-electron chi connectivity index (χ3n) is 6.99. The summed E-state index contributed by atoms with van der Waals surface area (Å²) in [4.78, 5) is 28.6. The number of carbonyl (C=O) groups excluding carboxylic acids is 2. The van der Waals surface area contributed by atoms with Crippen molar-refractivity contribution >= 4 is 38.3 Å². The van der Waals surface area contributed by atoms with Gasteiger partial charge < -0.3 is 10.2 Å². The summed E-state index contributed by atoms with van der Waals surface area (Å²) in [6.45, 7) is 7.15. The number of nitrogens with one attached hydrogen (secondary N) is 1. The molecule has 1 aliphatic rings. The van der Waals surface area contributed by atoms with Gasteiger partial charge in [-0.15, -0.1) is 0 Å². The lowest BCUT2D eigenvalue weighted by molar-refractivity contribution is -0.140. The monoisotopic (exact) mass is 535 g/mol. The van der Waals surface area contributed by atoms with Crippen molar-refractivity contribution in [2.75, 3.05) is 23.9 Å². The summed E-state index contributed by atoms with van der Waals surface area (Å²) in [5.74, 6) is 0.0209. The minimum absolute atomic E-state index is 0.139. The fourth-order valence-electron chi connectivity index (χ4n) is 5.03. The summed E-state index contributed by atoms with van der Waals surface area (Å²) in [6.07, 6.45) is 1.65. The van der Waals surface area contributed by atoms with Crippen molar-refractivity contribution in [2.24, 2.45) is 5.92 Å². The lowest BCUT2D eigenvalue weighted by Gasteiger charge is -2.31. The van der Waals surface area contributed by atoms with Crippen molar-refractivity contribution in [1.29, 1.82) is 0 Å². The molecule has 0 aliphatic carbocycles. The van der Waals surface area contributed by atoms with Crippen LogP contribution in [0.15, 0.2) is 71.6 Å². The van der Waals surface area contributed by atoms with E-state index in [0.717, 1.165) is 16.3 Å². The van der Waals surface area contributed by atoms with Gasteiger partial charge in [0, 0.05) is 31.4 Å². The Morgan fingerprint density at radius 3 is 2.37 bits per heavy atom. The lowest BCUT2D eigenvalue weighted by atomic mass is 10.1. The minimum atomic E-state index is -3.67. The molecule has 0 aromatic heterocycles. The molecule has 1 atom stereocenters. The zero-order chi connectivity index (χ0) is 27.3. The van der Waals surface area contributed by atoms with Gasteiger partial charge in [0.05, 0.1) is 10.6 Å². The van der Waals surface area contributed by atoms with Gasteiger partial charge in [-0.05, 0) is 48.3 Å². The summed E-state index contributed by atoms with van der Waals surface area (Å²) in [6, 6.07) is 20.2. The Bertz CT molecular complexity index is 1380. The Hall–Kier alpha value is -3.39. The molecule has 2 amide bonds. The maximum atomic E-state index is 13.5. The fraction of sp³-hybridized carbons (Fsp3) is 0.400. The van der Waals surface area contributed by atoms with Crippen LogP contribution < -0.4 is 9.62 Å². The highest BCUT2D eigenvalue weighted by atomic mass is 32.2. The van der Waals surface area contributed by atoms with E-state index in [9.17, 15) is 18.0 Å². The van der Waals surface area contributed by atoms with E-state index < -0.39 is 16.1 Å². The fourth-order valence-corrected chi connectivity index (χ4v) is 6.78. The van der Waals surface area contributed by atoms with Gasteiger partial charge in [-0.25, -0.2) is 8.42 Å². The first kappa shape index (κ1) is 27.6. The molecule has 0 saturated carbocycles. The molecule has 38 heavy (non-hydrogen) atoms. The number of amides is 2. The molecule has 202 valence electrons. The van der Waals surface area contributed by atoms with Crippen LogP contribution in [-0.2, 0) is 26.0 Å². The highest BCUT2D eigenvalue weighted by molar-refractivity contribution is 7.93. The van der Waals surface area contributed by atoms with Crippen LogP contribution in [-0.4, -0.2) is 50.8 Å². The number of rotatable bonds is 12. The van der Waals surface area contributed by atoms with E-state index in [0.29, 0.717) is 48.9 Å². The van der Waals surface area contributed by atoms with Gasteiger partial charge in [0.2, 0.25) is 11.8 Å². The van der Waals surface area contributed by atoms with Crippen LogP contribution in [0.1, 0.15) is 45.6 Å². The lowest BCUT2D eigenvalue weighted by Crippen LogP contribution is -2.50. The SMILES string of the molecule is CCC(C(=O)NCC(C)C)N(CCc1ccccc1)C(=O)CCCN1c2cccc3cccc(c23)S1(=O)=O. The second-order valence-corrected chi connectivity index (χ2v) is 12.0. The second kappa shape index (κ2) is 12.0. The summed E-state index contributed by atoms with van der Waals surface area (Å²) in [5, 5.41) is 4.60. The van der Waals surface area contributed by atoms with E-state index in [1.807, 2.05) is 75.4 Å². The number of carbonyl (C=O) groups is 2. The molecular weight excluding hydrogens is 498 g/mol. The van der Waals surface area contributed by atoms with Crippen LogP contribution in [0.25, 0.3) is 10.8 Å². The first-order valence-electron chi connectivity index (χ1n) is 13.4. The van der Waals surface area contributed by atoms with Gasteiger partial charge in [0.1, 0.15) is 6.04 Å². The Kier molecular flexibility index (Phi) is 8.72. The van der Waals surface area contributed by atoms with E-state index in [2.05, 4.69) is 5.32 Å². The van der Waals surface area contributed by atoms with Crippen molar-refractivity contribution in [3.05, 3.63) is 72.3 Å². The van der Waals surface area contributed by atoms with Gasteiger partial charge in [-0.1, -0.05) is 75.4 Å². The average Bonchev–Trinajstić information content (AvgIpc) is 3.13. The maximum absolute atomic E-state index is 13.5. The zero-order valence-electron chi connectivity index (χ0n) is 22.4. The van der Waals surface area contributed by atoms with Crippen molar-refractivity contribution in [3.63, 3.8) is 0 Å². The minimum Gasteiger partial charge on any atom is -0.354 e. The van der Waals surface area contributed by atoms with Crippen LogP contribution in [0.3, 0.4) is 0 Å². The standard InChI is InChI=1S/C30H37N3O4S/c1-4-25(30(35)31-21-22(2)3)32(20-18-23-11-6-5-7-12-23)28(34)17-10-19-33-26-15-8-13-24-14-9-16-27(29(24)26)38(33,36)37/h5-9,11-16,22,25H,4,10,17-21H2,1-3H3,(H,31,35). The number of hydrogen-bond donors (Lipinski definition) is 1. The van der Waals surface area contributed by atoms with Crippen LogP contribution in [0, 0.1) is 5.92 Å². The summed E-state index contributed by atoms with van der Waals surface area (Å²) in [5.41, 5.74) is 1.75. The van der Waals surface area contributed by atoms with E-state index >= 15 is 0 Å². The van der Waals surface area contributed by atoms with E-state index in [4.69, 9.17) is 0 Å². The summed E-state index contributed by atoms with van der Waals surface area (Å²) >= 11 is 0. The Labute approximate surface area is 225 Å². The predicted molar refractivity (Wildman–Crippen MR) is 151 cm³/mol. The molecular formula is C30H37N3O4S. The molecule has 1 N–H and O–H groups in total. The molecule has 1 heterocycles. The number of benzene rings is 3. The maximum Gasteiger partial charge on any atom is 0.265 e. The van der Waals surface area contributed by atoms with Gasteiger partial charge in [0.15, 0.2) is 0 Å². The zero-order valence-corrected chi connectivity index (χ0v) is 23.2. The normalized spacial score (nSPS) is 14.6. The predicted octanol–water partition coefficient (Wildman–Crippen LogP) is 4.75. The number of hydrogen-bond acceptors (Lipinski definition) is 4. The number of sulfonamides is 1. The van der Waals surface area contributed by atoms with E-state index in [1.54, 1.807) is 17.0 Å². The molecule has 4 rings (SSSR count). The largest absolute Gasteiger partial charge is 0.354 e. The van der Waals surface area contributed by atoms with Crippen molar-refractivity contribution in [1.82, 2.24) is 10.2 Å². The van der Waals surface area contributed by atoms with Crippen LogP contribution >= 0.6 is 0 Å². The van der Waals surface area contributed by atoms with E-state index in [1.165, 1.54) is 4.31 Å². The highest BCUT2D eigenvalue weighted by Gasteiger charge is 2.35. The average molecular weight is 536 g/mol. The Morgan fingerprint density at radius 1 is 0.974 bits per heavy atom. The smallest absolute Gasteiger partial charge is 0.265 e. The summed E-state index contributed by atoms with van der Waals surface area (Å²) in [7, 11) is -3.67. The number of nitrogens with zero attached hydrogens (tertiary/aromatic N) is 2. The van der Waals surface area contributed by atoms with Gasteiger partial charge in [0.25, 0.3) is 10.0 Å². The molecule has 3 aromatic carbocycles. The molecule has 0 fully saturated rings. The van der Waals surface area contributed by atoms with Crippen LogP contribution in [0.5, 0.6) is 0 Å². The Balaban J connectivity index is 1.47. The second-order valence-electron chi connectivity index (χ2n) is 10.2. The van der Waals surface area contributed by atoms with Crippen LogP contribution in [0.2, 0.25) is 0 Å². The third-order valence-corrected chi connectivity index (χ3v) is 8.84. The highest BCUT2D eigenvalue weighted by Crippen LogP contribution is 2.42. The first-order chi connectivity index (χ1) is 18.2. The molecule has 1 unspecified atom stereocenters. The van der Waals surface area contributed by atoms with Crippen molar-refractivity contribution in [2.45, 2.75) is 57.4 Å². The van der Waals surface area contributed by atoms with Gasteiger partial charge in [-0.3, -0.25) is 13.9 Å². The van der Waals surface area contributed by atoms with Crippen molar-refractivity contribution in [3.8, 4) is 0 Å². The molecule has 0 saturated heterocycles. The van der Waals surface area contributed by atoms with Gasteiger partial charge in [-0.2, -0.15) is 0 Å². The molecule has 0 bridgehead atoms. The quantitative estimate of drug-likeness (QED) is 0.363. The Morgan fingerprint density at radius 2 is 1.68 bits per heavy atom. The van der Waals surface area contributed by atoms with Gasteiger partial charge >= 0.3 is 0 Å². The molecule has 1 aliphatic heterocycles. The topological polar surface area (TPSA) is 86.8 Å². The number of anilines is 1. The van der Waals surface area contributed by atoms with Crippen molar-refractivity contribution < 1.29 is 18.0 Å². The molecule has 3 aromatic rings. The summed E-state index contributed by atoms with van der Waals surface area (Å²) < 4.78 is 28.0. The third kappa shape index (κ3) is 5.85. The molecule has 7 nitrogen and oxygen atoms in total. The molecule has 0 spiro atoms. The molecule has 8 heteroatoms. The van der Waals surface area contributed by atoms with E-state index in [-0.39, 0.29) is 24.8 Å². The first-order valence-corrected chi connectivity index (χ1v) is 14.8. The van der Waals surface area contributed by atoms with Crippen LogP contribution in [0.4, 0.5) is 5.69 Å². The molecule has 0 radical (unpaired) electrons.